The zero-order valence-corrected chi connectivity index (χ0v) is 12.1. The highest BCUT2D eigenvalue weighted by molar-refractivity contribution is 7.51. The van der Waals surface area contributed by atoms with Crippen LogP contribution in [-0.2, 0) is 17.5 Å². The van der Waals surface area contributed by atoms with E-state index in [0.717, 1.165) is 19.5 Å². The molecular weight excluding hydrogens is 265 g/mol. The van der Waals surface area contributed by atoms with E-state index >= 15 is 0 Å². The number of fused-ring (bicyclic) bond motifs is 1. The van der Waals surface area contributed by atoms with Crippen LogP contribution in [0.5, 0.6) is 5.75 Å². The summed E-state index contributed by atoms with van der Waals surface area (Å²) in [6.45, 7) is 6.30. The molecule has 0 atom stereocenters. The Kier molecular flexibility index (Phi) is 4.31. The molecule has 5 nitrogen and oxygen atoms in total. The van der Waals surface area contributed by atoms with Gasteiger partial charge in [-0.05, 0) is 43.5 Å². The summed E-state index contributed by atoms with van der Waals surface area (Å²) >= 11 is 0. The molecular formula is C13H20NO4P. The Hall–Kier alpha value is -0.870. The third kappa shape index (κ3) is 4.05. The Labute approximate surface area is 113 Å². The topological polar surface area (TPSA) is 70.0 Å². The lowest BCUT2D eigenvalue weighted by Gasteiger charge is -2.32. The van der Waals surface area contributed by atoms with Gasteiger partial charge in [0.05, 0.1) is 0 Å². The fraction of sp³-hybridized carbons (Fsp3) is 0.538. The van der Waals surface area contributed by atoms with Crippen LogP contribution in [0.15, 0.2) is 18.2 Å². The Bertz CT molecular complexity index is 497. The summed E-state index contributed by atoms with van der Waals surface area (Å²) in [5, 5.41) is 0. The van der Waals surface area contributed by atoms with Crippen molar-refractivity contribution in [1.29, 1.82) is 0 Å². The van der Waals surface area contributed by atoms with Crippen LogP contribution in [0.2, 0.25) is 0 Å². The molecule has 1 aliphatic rings. The van der Waals surface area contributed by atoms with E-state index in [0.29, 0.717) is 11.8 Å². The minimum atomic E-state index is -4.11. The van der Waals surface area contributed by atoms with Crippen molar-refractivity contribution in [3.8, 4) is 5.75 Å². The lowest BCUT2D eigenvalue weighted by molar-refractivity contribution is 0.203. The molecule has 0 fully saturated rings. The Morgan fingerprint density at radius 2 is 2.11 bits per heavy atom. The second kappa shape index (κ2) is 5.63. The lowest BCUT2D eigenvalue weighted by Crippen LogP contribution is -2.35. The average Bonchev–Trinajstić information content (AvgIpc) is 2.34. The Morgan fingerprint density at radius 3 is 2.74 bits per heavy atom. The predicted octanol–water partition coefficient (Wildman–Crippen LogP) is 1.97. The largest absolute Gasteiger partial charge is 0.481 e. The van der Waals surface area contributed by atoms with Gasteiger partial charge in [0.2, 0.25) is 0 Å². The van der Waals surface area contributed by atoms with Crippen LogP contribution < -0.4 is 4.74 Å². The van der Waals surface area contributed by atoms with Gasteiger partial charge in [-0.25, -0.2) is 0 Å². The minimum absolute atomic E-state index is 0.527. The molecule has 19 heavy (non-hydrogen) atoms. The summed E-state index contributed by atoms with van der Waals surface area (Å²) in [7, 11) is -4.11. The fourth-order valence-electron chi connectivity index (χ4n) is 2.24. The van der Waals surface area contributed by atoms with Crippen LogP contribution in [0.4, 0.5) is 0 Å². The summed E-state index contributed by atoms with van der Waals surface area (Å²) in [5.41, 5.74) is 2.48. The SMILES string of the molecule is CC(C)N1CCc2cc(OCP(=O)(O)O)ccc2C1. The van der Waals surface area contributed by atoms with E-state index in [4.69, 9.17) is 14.5 Å². The number of hydrogen-bond acceptors (Lipinski definition) is 3. The van der Waals surface area contributed by atoms with E-state index < -0.39 is 13.9 Å². The highest BCUT2D eigenvalue weighted by Gasteiger charge is 2.19. The first-order chi connectivity index (χ1) is 8.85. The standard InChI is InChI=1S/C13H20NO4P/c1-10(2)14-6-5-11-7-13(4-3-12(11)8-14)18-9-19(15,16)17/h3-4,7,10H,5-6,8-9H2,1-2H3,(H2,15,16,17). The van der Waals surface area contributed by atoms with Crippen molar-refractivity contribution in [2.75, 3.05) is 12.9 Å². The smallest absolute Gasteiger partial charge is 0.362 e. The molecule has 0 aliphatic carbocycles. The minimum Gasteiger partial charge on any atom is -0.481 e. The zero-order valence-electron chi connectivity index (χ0n) is 11.2. The summed E-state index contributed by atoms with van der Waals surface area (Å²) in [6, 6.07) is 6.18. The molecule has 0 spiro atoms. The van der Waals surface area contributed by atoms with Crippen molar-refractivity contribution in [2.24, 2.45) is 0 Å². The molecule has 2 N–H and O–H groups in total. The van der Waals surface area contributed by atoms with E-state index in [9.17, 15) is 4.57 Å². The first kappa shape index (κ1) is 14.5. The molecule has 1 heterocycles. The molecule has 106 valence electrons. The van der Waals surface area contributed by atoms with Crippen molar-refractivity contribution in [3.63, 3.8) is 0 Å². The molecule has 0 aromatic heterocycles. The second-order valence-electron chi connectivity index (χ2n) is 5.18. The van der Waals surface area contributed by atoms with E-state index in [1.54, 1.807) is 6.07 Å². The van der Waals surface area contributed by atoms with Crippen molar-refractivity contribution >= 4 is 7.60 Å². The van der Waals surface area contributed by atoms with Gasteiger partial charge in [0.15, 0.2) is 6.35 Å². The fourth-order valence-corrected chi connectivity index (χ4v) is 2.56. The zero-order chi connectivity index (χ0) is 14.0. The summed E-state index contributed by atoms with van der Waals surface area (Å²) in [6.07, 6.45) is 0.379. The average molecular weight is 285 g/mol. The van der Waals surface area contributed by atoms with E-state index in [-0.39, 0.29) is 0 Å². The summed E-state index contributed by atoms with van der Waals surface area (Å²) in [4.78, 5) is 20.0. The molecule has 2 rings (SSSR count). The van der Waals surface area contributed by atoms with Gasteiger partial charge < -0.3 is 14.5 Å². The molecule has 1 aliphatic heterocycles. The molecule has 0 radical (unpaired) electrons. The monoisotopic (exact) mass is 285 g/mol. The van der Waals surface area contributed by atoms with Gasteiger partial charge in [0.1, 0.15) is 5.75 Å². The quantitative estimate of drug-likeness (QED) is 0.828. The highest BCUT2D eigenvalue weighted by atomic mass is 31.2. The molecule has 0 saturated heterocycles. The summed E-state index contributed by atoms with van der Waals surface area (Å²) in [5.74, 6) is 0.528. The molecule has 6 heteroatoms. The third-order valence-corrected chi connectivity index (χ3v) is 3.81. The van der Waals surface area contributed by atoms with Gasteiger partial charge in [0.25, 0.3) is 0 Å². The van der Waals surface area contributed by atoms with Crippen molar-refractivity contribution < 1.29 is 19.1 Å². The molecule has 0 amide bonds. The molecule has 1 aromatic carbocycles. The number of hydrogen-bond donors (Lipinski definition) is 2. The molecule has 0 unspecified atom stereocenters. The maximum absolute atomic E-state index is 10.8. The number of nitrogens with zero attached hydrogens (tertiary/aromatic N) is 1. The number of ether oxygens (including phenoxy) is 1. The van der Waals surface area contributed by atoms with Crippen LogP contribution in [0, 0.1) is 0 Å². The van der Waals surface area contributed by atoms with Gasteiger partial charge in [-0.3, -0.25) is 9.46 Å². The summed E-state index contributed by atoms with van der Waals surface area (Å²) < 4.78 is 15.9. The number of rotatable bonds is 4. The Morgan fingerprint density at radius 1 is 1.37 bits per heavy atom. The Balaban J connectivity index is 2.07. The number of benzene rings is 1. The van der Waals surface area contributed by atoms with Gasteiger partial charge in [-0.2, -0.15) is 0 Å². The van der Waals surface area contributed by atoms with Crippen LogP contribution in [0.25, 0.3) is 0 Å². The first-order valence-corrected chi connectivity index (χ1v) is 8.18. The van der Waals surface area contributed by atoms with Gasteiger partial charge in [-0.15, -0.1) is 0 Å². The van der Waals surface area contributed by atoms with Crippen LogP contribution in [0.1, 0.15) is 25.0 Å². The lowest BCUT2D eigenvalue weighted by atomic mass is 9.98. The molecule has 1 aromatic rings. The van der Waals surface area contributed by atoms with Gasteiger partial charge >= 0.3 is 7.60 Å². The highest BCUT2D eigenvalue weighted by Crippen LogP contribution is 2.35. The molecule has 0 bridgehead atoms. The maximum atomic E-state index is 10.8. The first-order valence-electron chi connectivity index (χ1n) is 6.38. The van der Waals surface area contributed by atoms with Gasteiger partial charge in [0, 0.05) is 19.1 Å². The van der Waals surface area contributed by atoms with Crippen molar-refractivity contribution in [1.82, 2.24) is 4.90 Å². The predicted molar refractivity (Wildman–Crippen MR) is 73.2 cm³/mol. The van der Waals surface area contributed by atoms with E-state index in [1.165, 1.54) is 11.1 Å². The maximum Gasteiger partial charge on any atom is 0.362 e. The van der Waals surface area contributed by atoms with Crippen molar-refractivity contribution in [2.45, 2.75) is 32.9 Å². The van der Waals surface area contributed by atoms with Gasteiger partial charge in [-0.1, -0.05) is 6.07 Å². The normalized spacial score (nSPS) is 16.5. The van der Waals surface area contributed by atoms with Crippen molar-refractivity contribution in [3.05, 3.63) is 29.3 Å². The van der Waals surface area contributed by atoms with Crippen LogP contribution in [-0.4, -0.2) is 33.6 Å². The van der Waals surface area contributed by atoms with Crippen LogP contribution >= 0.6 is 7.60 Å². The van der Waals surface area contributed by atoms with Crippen LogP contribution in [0.3, 0.4) is 0 Å². The third-order valence-electron chi connectivity index (χ3n) is 3.35. The molecule has 0 saturated carbocycles. The second-order valence-corrected chi connectivity index (χ2v) is 6.77. The van der Waals surface area contributed by atoms with E-state index in [2.05, 4.69) is 18.7 Å². The van der Waals surface area contributed by atoms with E-state index in [1.807, 2.05) is 12.1 Å².